The molecule has 1 amide bonds. The summed E-state index contributed by atoms with van der Waals surface area (Å²) in [6.07, 6.45) is 2.07. The number of carbonyl (C=O) groups is 1. The van der Waals surface area contributed by atoms with Crippen LogP contribution in [-0.4, -0.2) is 60.3 Å². The van der Waals surface area contributed by atoms with Crippen LogP contribution in [0.25, 0.3) is 21.8 Å². The summed E-state index contributed by atoms with van der Waals surface area (Å²) in [5, 5.41) is 4.48. The number of methoxy groups -OCH3 is 1. The van der Waals surface area contributed by atoms with Crippen LogP contribution in [0, 0.1) is 5.82 Å². The summed E-state index contributed by atoms with van der Waals surface area (Å²) < 4.78 is 27.0. The molecule has 1 aliphatic rings. The summed E-state index contributed by atoms with van der Waals surface area (Å²) in [5.41, 5.74) is 2.32. The molecule has 166 valence electrons. The fourth-order valence-electron chi connectivity index (χ4n) is 4.20. The third-order valence-electron chi connectivity index (χ3n) is 5.96. The molecule has 5 rings (SSSR count). The van der Waals surface area contributed by atoms with Crippen LogP contribution in [0.15, 0.2) is 48.7 Å². The van der Waals surface area contributed by atoms with Crippen molar-refractivity contribution in [1.29, 1.82) is 0 Å². The van der Waals surface area contributed by atoms with Gasteiger partial charge in [0, 0.05) is 54.4 Å². The second-order valence-electron chi connectivity index (χ2n) is 7.91. The number of ether oxygens (including phenoxy) is 2. The molecule has 2 aromatic heterocycles. The number of nitrogens with one attached hydrogen (secondary N) is 2. The van der Waals surface area contributed by atoms with E-state index in [0.29, 0.717) is 16.8 Å². The van der Waals surface area contributed by atoms with Gasteiger partial charge in [0.05, 0.1) is 25.8 Å². The van der Waals surface area contributed by atoms with Gasteiger partial charge in [-0.3, -0.25) is 9.69 Å². The summed E-state index contributed by atoms with van der Waals surface area (Å²) in [5.74, 6) is -0.259. The van der Waals surface area contributed by atoms with Crippen molar-refractivity contribution in [2.45, 2.75) is 6.54 Å². The second-order valence-corrected chi connectivity index (χ2v) is 7.91. The van der Waals surface area contributed by atoms with Gasteiger partial charge >= 0.3 is 0 Å². The molecule has 1 saturated heterocycles. The zero-order valence-electron chi connectivity index (χ0n) is 17.9. The minimum absolute atomic E-state index is 0.252. The largest absolute Gasteiger partial charge is 0.496 e. The molecule has 8 heteroatoms. The van der Waals surface area contributed by atoms with E-state index in [2.05, 4.69) is 26.0 Å². The average molecular weight is 436 g/mol. The molecular formula is C24H25FN4O3. The minimum atomic E-state index is -0.431. The van der Waals surface area contributed by atoms with Gasteiger partial charge in [-0.1, -0.05) is 0 Å². The van der Waals surface area contributed by atoms with Crippen LogP contribution < -0.4 is 10.1 Å². The highest BCUT2D eigenvalue weighted by Crippen LogP contribution is 2.29. The lowest BCUT2D eigenvalue weighted by Gasteiger charge is -2.26. The zero-order chi connectivity index (χ0) is 22.1. The second kappa shape index (κ2) is 8.64. The predicted octanol–water partition coefficient (Wildman–Crippen LogP) is 3.85. The van der Waals surface area contributed by atoms with Crippen LogP contribution in [0.2, 0.25) is 0 Å². The molecule has 2 N–H and O–H groups in total. The molecular weight excluding hydrogens is 411 g/mol. The Morgan fingerprint density at radius 3 is 2.81 bits per heavy atom. The van der Waals surface area contributed by atoms with Crippen LogP contribution in [0.3, 0.4) is 0 Å². The fraction of sp³-hybridized carbons (Fsp3) is 0.292. The number of morpholine rings is 1. The smallest absolute Gasteiger partial charge is 0.272 e. The minimum Gasteiger partial charge on any atom is -0.496 e. The number of anilines is 1. The summed E-state index contributed by atoms with van der Waals surface area (Å²) in [4.78, 5) is 18.1. The Morgan fingerprint density at radius 1 is 1.16 bits per heavy atom. The van der Waals surface area contributed by atoms with E-state index in [1.165, 1.54) is 13.2 Å². The third kappa shape index (κ3) is 3.94. The van der Waals surface area contributed by atoms with E-state index in [0.717, 1.165) is 50.3 Å². The number of fused-ring (bicyclic) bond motifs is 2. The maximum Gasteiger partial charge on any atom is 0.272 e. The van der Waals surface area contributed by atoms with Crippen molar-refractivity contribution < 1.29 is 18.7 Å². The highest BCUT2D eigenvalue weighted by molar-refractivity contribution is 6.07. The zero-order valence-corrected chi connectivity index (χ0v) is 17.9. The van der Waals surface area contributed by atoms with Gasteiger partial charge in [-0.25, -0.2) is 4.39 Å². The Morgan fingerprint density at radius 2 is 2.00 bits per heavy atom. The van der Waals surface area contributed by atoms with E-state index in [4.69, 9.17) is 9.47 Å². The molecule has 0 atom stereocenters. The van der Waals surface area contributed by atoms with Crippen LogP contribution in [0.1, 0.15) is 10.5 Å². The summed E-state index contributed by atoms with van der Waals surface area (Å²) in [6.45, 7) is 5.41. The molecule has 1 fully saturated rings. The lowest BCUT2D eigenvalue weighted by molar-refractivity contribution is 0.0365. The lowest BCUT2D eigenvalue weighted by Crippen LogP contribution is -2.38. The van der Waals surface area contributed by atoms with E-state index >= 15 is 0 Å². The molecule has 0 bridgehead atoms. The third-order valence-corrected chi connectivity index (χ3v) is 5.96. The van der Waals surface area contributed by atoms with Crippen molar-refractivity contribution in [3.05, 3.63) is 60.2 Å². The van der Waals surface area contributed by atoms with Crippen LogP contribution in [0.4, 0.5) is 10.1 Å². The van der Waals surface area contributed by atoms with Crippen LogP contribution in [0.5, 0.6) is 5.75 Å². The molecule has 32 heavy (non-hydrogen) atoms. The van der Waals surface area contributed by atoms with E-state index in [-0.39, 0.29) is 17.1 Å². The first-order valence-electron chi connectivity index (χ1n) is 10.7. The topological polar surface area (TPSA) is 71.5 Å². The van der Waals surface area contributed by atoms with Crippen molar-refractivity contribution in [2.75, 3.05) is 45.3 Å². The van der Waals surface area contributed by atoms with E-state index in [1.54, 1.807) is 12.1 Å². The van der Waals surface area contributed by atoms with Gasteiger partial charge in [0.2, 0.25) is 0 Å². The summed E-state index contributed by atoms with van der Waals surface area (Å²) in [6, 6.07) is 12.4. The number of aromatic amines is 1. The van der Waals surface area contributed by atoms with Crippen molar-refractivity contribution in [1.82, 2.24) is 14.5 Å². The number of halogens is 1. The van der Waals surface area contributed by atoms with Gasteiger partial charge in [0.25, 0.3) is 5.91 Å². The van der Waals surface area contributed by atoms with Crippen molar-refractivity contribution in [3.63, 3.8) is 0 Å². The van der Waals surface area contributed by atoms with Gasteiger partial charge < -0.3 is 24.3 Å². The first kappa shape index (κ1) is 20.5. The number of rotatable bonds is 6. The number of hydrogen-bond donors (Lipinski definition) is 2. The number of H-pyrrole nitrogens is 1. The number of amides is 1. The molecule has 4 aromatic rings. The Hall–Kier alpha value is -3.36. The van der Waals surface area contributed by atoms with Gasteiger partial charge in [0.1, 0.15) is 17.3 Å². The maximum atomic E-state index is 14.1. The molecule has 0 saturated carbocycles. The van der Waals surface area contributed by atoms with E-state index in [9.17, 15) is 9.18 Å². The van der Waals surface area contributed by atoms with Gasteiger partial charge in [-0.2, -0.15) is 0 Å². The highest BCUT2D eigenvalue weighted by Gasteiger charge is 2.16. The normalized spacial score (nSPS) is 14.8. The van der Waals surface area contributed by atoms with Crippen LogP contribution >= 0.6 is 0 Å². The molecule has 7 nitrogen and oxygen atoms in total. The molecule has 1 aliphatic heterocycles. The molecule has 0 spiro atoms. The lowest BCUT2D eigenvalue weighted by atomic mass is 10.2. The van der Waals surface area contributed by atoms with Gasteiger partial charge in [-0.05, 0) is 42.5 Å². The number of carbonyl (C=O) groups excluding carboxylic acids is 1. The molecule has 0 radical (unpaired) electrons. The van der Waals surface area contributed by atoms with Crippen molar-refractivity contribution in [3.8, 4) is 5.75 Å². The molecule has 2 aromatic carbocycles. The maximum absolute atomic E-state index is 14.1. The molecule has 3 heterocycles. The Labute approximate surface area is 184 Å². The molecule has 0 unspecified atom stereocenters. The van der Waals surface area contributed by atoms with E-state index in [1.807, 2.05) is 24.3 Å². The first-order valence-corrected chi connectivity index (χ1v) is 10.7. The monoisotopic (exact) mass is 436 g/mol. The quantitative estimate of drug-likeness (QED) is 0.482. The number of hydrogen-bond acceptors (Lipinski definition) is 4. The predicted molar refractivity (Wildman–Crippen MR) is 122 cm³/mol. The number of nitrogens with zero attached hydrogens (tertiary/aromatic N) is 2. The Kier molecular flexibility index (Phi) is 5.55. The Bertz CT molecular complexity index is 1270. The first-order chi connectivity index (χ1) is 15.6. The fourth-order valence-corrected chi connectivity index (χ4v) is 4.20. The number of benzene rings is 2. The summed E-state index contributed by atoms with van der Waals surface area (Å²) >= 11 is 0. The standard InChI is InChI=1S/C24H25FN4O3/c1-31-22-5-3-19(25)23-18(22)15-20(27-23)24(30)26-17-2-4-21-16(14-17)6-7-29(21)9-8-28-10-12-32-13-11-28/h2-7,14-15,27H,8-13H2,1H3,(H,26,30). The van der Waals surface area contributed by atoms with Gasteiger partial charge in [-0.15, -0.1) is 0 Å². The highest BCUT2D eigenvalue weighted by atomic mass is 19.1. The SMILES string of the molecule is COc1ccc(F)c2[nH]c(C(=O)Nc3ccc4c(ccn4CCN4CCOCC4)c3)cc12. The average Bonchev–Trinajstić information content (AvgIpc) is 3.44. The Balaban J connectivity index is 1.31. The number of aromatic nitrogens is 2. The molecule has 0 aliphatic carbocycles. The van der Waals surface area contributed by atoms with Crippen molar-refractivity contribution in [2.24, 2.45) is 0 Å². The summed E-state index contributed by atoms with van der Waals surface area (Å²) in [7, 11) is 1.52. The van der Waals surface area contributed by atoms with Crippen LogP contribution in [-0.2, 0) is 11.3 Å². The van der Waals surface area contributed by atoms with E-state index < -0.39 is 5.82 Å². The van der Waals surface area contributed by atoms with Gasteiger partial charge in [0.15, 0.2) is 0 Å². The van der Waals surface area contributed by atoms with Crippen molar-refractivity contribution >= 4 is 33.4 Å².